The van der Waals surface area contributed by atoms with Crippen molar-refractivity contribution in [2.45, 2.75) is 0 Å². The summed E-state index contributed by atoms with van der Waals surface area (Å²) >= 11 is 1.60. The molecule has 0 saturated carbocycles. The first kappa shape index (κ1) is 6.49. The van der Waals surface area contributed by atoms with Gasteiger partial charge in [0.05, 0.1) is 11.2 Å². The summed E-state index contributed by atoms with van der Waals surface area (Å²) in [5, 5.41) is 2.02. The molecule has 2 heterocycles. The van der Waals surface area contributed by atoms with E-state index in [1.165, 1.54) is 0 Å². The van der Waals surface area contributed by atoms with Crippen molar-refractivity contribution in [2.75, 3.05) is 0 Å². The van der Waals surface area contributed by atoms with Crippen molar-refractivity contribution in [3.63, 3.8) is 0 Å². The van der Waals surface area contributed by atoms with E-state index in [0.29, 0.717) is 0 Å². The second-order valence-corrected chi connectivity index (χ2v) is 2.83. The molecule has 0 fully saturated rings. The van der Waals surface area contributed by atoms with E-state index in [1.807, 2.05) is 23.0 Å². The summed E-state index contributed by atoms with van der Waals surface area (Å²) in [5.74, 6) is 0. The van der Waals surface area contributed by atoms with Crippen LogP contribution in [-0.2, 0) is 0 Å². The Bertz CT molecular complexity index is 315. The van der Waals surface area contributed by atoms with Crippen LogP contribution in [0, 0.1) is 0 Å². The number of aromatic nitrogens is 2. The second kappa shape index (κ2) is 2.80. The van der Waals surface area contributed by atoms with Gasteiger partial charge in [0.15, 0.2) is 0 Å². The van der Waals surface area contributed by atoms with Gasteiger partial charge in [-0.2, -0.15) is 0 Å². The minimum Gasteiger partial charge on any atom is -0.265 e. The SMILES string of the molecule is c1cc(-c2cscn2)ccn1. The standard InChI is InChI=1S/C8H6N2S/c1-3-9-4-2-7(1)8-5-11-6-10-8/h1-6H. The molecule has 0 aliphatic heterocycles. The molecule has 0 saturated heterocycles. The van der Waals surface area contributed by atoms with E-state index in [4.69, 9.17) is 0 Å². The first-order chi connectivity index (χ1) is 5.47. The number of rotatable bonds is 1. The summed E-state index contributed by atoms with van der Waals surface area (Å²) in [6.07, 6.45) is 3.54. The minimum absolute atomic E-state index is 1.03. The van der Waals surface area contributed by atoms with Crippen LogP contribution in [0.25, 0.3) is 11.3 Å². The lowest BCUT2D eigenvalue weighted by molar-refractivity contribution is 1.31. The van der Waals surface area contributed by atoms with E-state index in [2.05, 4.69) is 9.97 Å². The number of hydrogen-bond acceptors (Lipinski definition) is 3. The van der Waals surface area contributed by atoms with Crippen LogP contribution < -0.4 is 0 Å². The van der Waals surface area contributed by atoms with E-state index in [1.54, 1.807) is 23.7 Å². The summed E-state index contributed by atoms with van der Waals surface area (Å²) in [4.78, 5) is 8.11. The fraction of sp³-hybridized carbons (Fsp3) is 0. The quantitative estimate of drug-likeness (QED) is 0.642. The maximum Gasteiger partial charge on any atom is 0.0812 e. The van der Waals surface area contributed by atoms with Gasteiger partial charge in [0.1, 0.15) is 0 Å². The molecule has 0 aliphatic rings. The Morgan fingerprint density at radius 1 is 1.18 bits per heavy atom. The van der Waals surface area contributed by atoms with Gasteiger partial charge in [0.25, 0.3) is 0 Å². The predicted molar refractivity (Wildman–Crippen MR) is 45.3 cm³/mol. The van der Waals surface area contributed by atoms with Crippen LogP contribution in [-0.4, -0.2) is 9.97 Å². The van der Waals surface area contributed by atoms with E-state index in [-0.39, 0.29) is 0 Å². The molecule has 2 aromatic heterocycles. The molecule has 2 nitrogen and oxygen atoms in total. The van der Waals surface area contributed by atoms with Gasteiger partial charge in [-0.05, 0) is 12.1 Å². The van der Waals surface area contributed by atoms with E-state index >= 15 is 0 Å². The first-order valence-electron chi connectivity index (χ1n) is 3.25. The van der Waals surface area contributed by atoms with Gasteiger partial charge in [-0.3, -0.25) is 4.98 Å². The van der Waals surface area contributed by atoms with Gasteiger partial charge in [0.2, 0.25) is 0 Å². The molecule has 0 radical (unpaired) electrons. The number of nitrogens with zero attached hydrogens (tertiary/aromatic N) is 2. The molecule has 11 heavy (non-hydrogen) atoms. The van der Waals surface area contributed by atoms with Crippen molar-refractivity contribution in [2.24, 2.45) is 0 Å². The second-order valence-electron chi connectivity index (χ2n) is 2.11. The van der Waals surface area contributed by atoms with Crippen LogP contribution in [0.3, 0.4) is 0 Å². The Kier molecular flexibility index (Phi) is 1.65. The average Bonchev–Trinajstić information content (AvgIpc) is 2.58. The van der Waals surface area contributed by atoms with Crippen LogP contribution in [0.15, 0.2) is 35.4 Å². The minimum atomic E-state index is 1.03. The van der Waals surface area contributed by atoms with Crippen LogP contribution in [0.1, 0.15) is 0 Å². The Balaban J connectivity index is 2.46. The molecule has 0 amide bonds. The van der Waals surface area contributed by atoms with Crippen LogP contribution in [0.2, 0.25) is 0 Å². The number of hydrogen-bond donors (Lipinski definition) is 0. The zero-order valence-electron chi connectivity index (χ0n) is 5.77. The summed E-state index contributed by atoms with van der Waals surface area (Å²) in [6.45, 7) is 0. The summed E-state index contributed by atoms with van der Waals surface area (Å²) < 4.78 is 0. The molecule has 2 aromatic rings. The molecule has 0 bridgehead atoms. The smallest absolute Gasteiger partial charge is 0.0812 e. The fourth-order valence-corrected chi connectivity index (χ4v) is 1.44. The van der Waals surface area contributed by atoms with Crippen molar-refractivity contribution in [1.82, 2.24) is 9.97 Å². The van der Waals surface area contributed by atoms with Crippen molar-refractivity contribution >= 4 is 11.3 Å². The molecular formula is C8H6N2S. The summed E-state index contributed by atoms with van der Waals surface area (Å²) in [5.41, 5.74) is 3.98. The van der Waals surface area contributed by atoms with E-state index in [9.17, 15) is 0 Å². The van der Waals surface area contributed by atoms with Gasteiger partial charge in [-0.15, -0.1) is 11.3 Å². The van der Waals surface area contributed by atoms with Gasteiger partial charge in [0, 0.05) is 23.3 Å². The average molecular weight is 162 g/mol. The third kappa shape index (κ3) is 1.28. The molecule has 2 rings (SSSR count). The lowest BCUT2D eigenvalue weighted by Gasteiger charge is -1.91. The highest BCUT2D eigenvalue weighted by Crippen LogP contribution is 2.16. The zero-order valence-corrected chi connectivity index (χ0v) is 6.58. The van der Waals surface area contributed by atoms with Gasteiger partial charge < -0.3 is 0 Å². The van der Waals surface area contributed by atoms with E-state index in [0.717, 1.165) is 11.3 Å². The Morgan fingerprint density at radius 2 is 2.00 bits per heavy atom. The number of thiazole rings is 1. The molecule has 0 aliphatic carbocycles. The predicted octanol–water partition coefficient (Wildman–Crippen LogP) is 2.21. The molecule has 0 N–H and O–H groups in total. The number of pyridine rings is 1. The van der Waals surface area contributed by atoms with Gasteiger partial charge in [-0.25, -0.2) is 4.98 Å². The molecule has 0 spiro atoms. The molecule has 0 unspecified atom stereocenters. The van der Waals surface area contributed by atoms with Crippen LogP contribution >= 0.6 is 11.3 Å². The highest BCUT2D eigenvalue weighted by Gasteiger charge is 1.95. The molecular weight excluding hydrogens is 156 g/mol. The lowest BCUT2D eigenvalue weighted by atomic mass is 10.2. The van der Waals surface area contributed by atoms with Gasteiger partial charge >= 0.3 is 0 Å². The third-order valence-corrected chi connectivity index (χ3v) is 1.99. The Morgan fingerprint density at radius 3 is 2.64 bits per heavy atom. The topological polar surface area (TPSA) is 25.8 Å². The maximum atomic E-state index is 4.18. The lowest BCUT2D eigenvalue weighted by Crippen LogP contribution is -1.75. The van der Waals surface area contributed by atoms with Crippen LogP contribution in [0.5, 0.6) is 0 Å². The van der Waals surface area contributed by atoms with Crippen molar-refractivity contribution in [3.05, 3.63) is 35.4 Å². The van der Waals surface area contributed by atoms with Gasteiger partial charge in [-0.1, -0.05) is 0 Å². The Labute approximate surface area is 68.6 Å². The third-order valence-electron chi connectivity index (χ3n) is 1.41. The molecule has 0 aromatic carbocycles. The highest BCUT2D eigenvalue weighted by molar-refractivity contribution is 7.07. The summed E-state index contributed by atoms with van der Waals surface area (Å²) in [6, 6.07) is 3.91. The highest BCUT2D eigenvalue weighted by atomic mass is 32.1. The molecule has 54 valence electrons. The fourth-order valence-electron chi connectivity index (χ4n) is 0.878. The van der Waals surface area contributed by atoms with Crippen molar-refractivity contribution in [1.29, 1.82) is 0 Å². The monoisotopic (exact) mass is 162 g/mol. The van der Waals surface area contributed by atoms with Crippen molar-refractivity contribution in [3.8, 4) is 11.3 Å². The molecule has 0 atom stereocenters. The summed E-state index contributed by atoms with van der Waals surface area (Å²) in [7, 11) is 0. The largest absolute Gasteiger partial charge is 0.265 e. The van der Waals surface area contributed by atoms with Crippen LogP contribution in [0.4, 0.5) is 0 Å². The van der Waals surface area contributed by atoms with E-state index < -0.39 is 0 Å². The maximum absolute atomic E-state index is 4.18. The Hall–Kier alpha value is -1.22. The first-order valence-corrected chi connectivity index (χ1v) is 4.20. The molecule has 3 heteroatoms. The van der Waals surface area contributed by atoms with Crippen molar-refractivity contribution < 1.29 is 0 Å². The zero-order chi connectivity index (χ0) is 7.52. The normalized spacial score (nSPS) is 9.82.